The number of ether oxygens (including phenoxy) is 4. The Labute approximate surface area is 345 Å². The van der Waals surface area contributed by atoms with Crippen molar-refractivity contribution in [1.82, 2.24) is 5.32 Å². The molecular weight excluding hydrogens is 750 g/mol. The molecule has 12 unspecified atom stereocenters. The molecule has 1 amide bonds. The number of hydrogen-bond acceptors (Lipinski definition) is 13. The summed E-state index contributed by atoms with van der Waals surface area (Å²) in [5.41, 5.74) is 0. The molecule has 0 radical (unpaired) electrons. The van der Waals surface area contributed by atoms with Gasteiger partial charge in [-0.2, -0.15) is 0 Å². The van der Waals surface area contributed by atoms with Gasteiger partial charge in [-0.3, -0.25) is 4.79 Å². The molecule has 2 rings (SSSR count). The highest BCUT2D eigenvalue weighted by Gasteiger charge is 2.50. The Hall–Kier alpha value is -2.31. The van der Waals surface area contributed by atoms with Crippen LogP contribution in [0.25, 0.3) is 0 Å². The van der Waals surface area contributed by atoms with Crippen molar-refractivity contribution in [3.05, 3.63) is 60.8 Å². The molecule has 2 saturated heterocycles. The molecule has 2 heterocycles. The topological polar surface area (TPSA) is 228 Å². The molecule has 58 heavy (non-hydrogen) atoms. The fourth-order valence-corrected chi connectivity index (χ4v) is 6.68. The summed E-state index contributed by atoms with van der Waals surface area (Å²) in [4.78, 5) is 13.0. The molecule has 334 valence electrons. The summed E-state index contributed by atoms with van der Waals surface area (Å²) in [6.45, 7) is 2.59. The Morgan fingerprint density at radius 1 is 0.638 bits per heavy atom. The number of rotatable bonds is 30. The SMILES string of the molecule is CC/C=C\C/C=C\C/C=C\C/C=C\C/C=C\CCCC(=O)NC(COC1OC(CO)C(OC2OC(CO)C(O)C(O)C2O)C(O)C1O)C(O)CCCCCCCCC. The smallest absolute Gasteiger partial charge is 0.220 e. The number of nitrogens with one attached hydrogen (secondary N) is 1. The van der Waals surface area contributed by atoms with E-state index in [1.54, 1.807) is 0 Å². The molecule has 0 spiro atoms. The zero-order chi connectivity index (χ0) is 42.5. The number of unbranched alkanes of at least 4 members (excludes halogenated alkanes) is 7. The maximum atomic E-state index is 13.0. The fourth-order valence-electron chi connectivity index (χ4n) is 6.68. The third-order valence-electron chi connectivity index (χ3n) is 10.2. The number of carbonyl (C=O) groups is 1. The zero-order valence-electron chi connectivity index (χ0n) is 34.8. The number of carbonyl (C=O) groups excluding carboxylic acids is 1. The van der Waals surface area contributed by atoms with E-state index in [9.17, 15) is 45.6 Å². The van der Waals surface area contributed by atoms with E-state index in [4.69, 9.17) is 18.9 Å². The van der Waals surface area contributed by atoms with Crippen molar-refractivity contribution >= 4 is 5.91 Å². The molecule has 14 nitrogen and oxygen atoms in total. The Morgan fingerprint density at radius 3 is 1.76 bits per heavy atom. The normalized spacial score (nSPS) is 29.4. The van der Waals surface area contributed by atoms with Gasteiger partial charge in [0.1, 0.15) is 48.8 Å². The molecule has 14 heteroatoms. The van der Waals surface area contributed by atoms with Crippen LogP contribution in [-0.4, -0.2) is 140 Å². The Morgan fingerprint density at radius 2 is 1.17 bits per heavy atom. The Balaban J connectivity index is 1.89. The van der Waals surface area contributed by atoms with Crippen molar-refractivity contribution in [1.29, 1.82) is 0 Å². The highest BCUT2D eigenvalue weighted by Crippen LogP contribution is 2.30. The van der Waals surface area contributed by atoms with Crippen LogP contribution in [0.5, 0.6) is 0 Å². The van der Waals surface area contributed by atoms with Gasteiger partial charge in [-0.15, -0.1) is 0 Å². The van der Waals surface area contributed by atoms with E-state index in [2.05, 4.69) is 73.8 Å². The van der Waals surface area contributed by atoms with E-state index in [-0.39, 0.29) is 18.9 Å². The largest absolute Gasteiger partial charge is 0.394 e. The maximum Gasteiger partial charge on any atom is 0.220 e. The fraction of sp³-hybridized carbons (Fsp3) is 0.750. The molecule has 0 bridgehead atoms. The monoisotopic (exact) mass is 826 g/mol. The number of aliphatic hydroxyl groups is 8. The van der Waals surface area contributed by atoms with Gasteiger partial charge < -0.3 is 65.1 Å². The highest BCUT2D eigenvalue weighted by molar-refractivity contribution is 5.76. The van der Waals surface area contributed by atoms with E-state index < -0.39 is 86.8 Å². The lowest BCUT2D eigenvalue weighted by Crippen LogP contribution is -2.65. The van der Waals surface area contributed by atoms with Gasteiger partial charge in [0.25, 0.3) is 0 Å². The van der Waals surface area contributed by atoms with Gasteiger partial charge in [0.15, 0.2) is 12.6 Å². The molecule has 0 saturated carbocycles. The lowest BCUT2D eigenvalue weighted by atomic mass is 9.97. The summed E-state index contributed by atoms with van der Waals surface area (Å²) in [5.74, 6) is -0.272. The van der Waals surface area contributed by atoms with Crippen LogP contribution in [0.4, 0.5) is 0 Å². The van der Waals surface area contributed by atoms with E-state index in [1.807, 2.05) is 6.08 Å². The van der Waals surface area contributed by atoms with E-state index in [0.717, 1.165) is 64.2 Å². The van der Waals surface area contributed by atoms with Crippen LogP contribution in [0.3, 0.4) is 0 Å². The third-order valence-corrected chi connectivity index (χ3v) is 10.2. The van der Waals surface area contributed by atoms with E-state index in [0.29, 0.717) is 19.3 Å². The summed E-state index contributed by atoms with van der Waals surface area (Å²) >= 11 is 0. The summed E-state index contributed by atoms with van der Waals surface area (Å²) in [5, 5.41) is 86.2. The Kier molecular flexibility index (Phi) is 28.2. The van der Waals surface area contributed by atoms with Gasteiger partial charge in [0.2, 0.25) is 5.91 Å². The molecule has 2 aliphatic heterocycles. The van der Waals surface area contributed by atoms with Gasteiger partial charge in [-0.25, -0.2) is 0 Å². The van der Waals surface area contributed by atoms with Crippen LogP contribution >= 0.6 is 0 Å². The second-order valence-electron chi connectivity index (χ2n) is 15.1. The molecule has 2 aliphatic rings. The average Bonchev–Trinajstić information content (AvgIpc) is 3.22. The van der Waals surface area contributed by atoms with Crippen molar-refractivity contribution in [3.8, 4) is 0 Å². The molecule has 9 N–H and O–H groups in total. The van der Waals surface area contributed by atoms with Crippen LogP contribution in [0.1, 0.15) is 117 Å². The van der Waals surface area contributed by atoms with Crippen molar-refractivity contribution in [3.63, 3.8) is 0 Å². The first-order chi connectivity index (χ1) is 28.1. The molecule has 2 fully saturated rings. The molecule has 12 atom stereocenters. The first-order valence-corrected chi connectivity index (χ1v) is 21.5. The van der Waals surface area contributed by atoms with E-state index >= 15 is 0 Å². The first kappa shape index (κ1) is 51.8. The number of amides is 1. The van der Waals surface area contributed by atoms with Crippen LogP contribution in [0, 0.1) is 0 Å². The van der Waals surface area contributed by atoms with Gasteiger partial charge >= 0.3 is 0 Å². The maximum absolute atomic E-state index is 13.0. The van der Waals surface area contributed by atoms with Crippen molar-refractivity contribution in [2.24, 2.45) is 0 Å². The molecule has 0 aliphatic carbocycles. The molecule has 0 aromatic carbocycles. The lowest BCUT2D eigenvalue weighted by Gasteiger charge is -2.46. The predicted octanol–water partition coefficient (Wildman–Crippen LogP) is 3.54. The molecule has 0 aromatic rings. The van der Waals surface area contributed by atoms with Crippen LogP contribution in [0.2, 0.25) is 0 Å². The summed E-state index contributed by atoms with van der Waals surface area (Å²) in [7, 11) is 0. The van der Waals surface area contributed by atoms with Crippen molar-refractivity contribution in [2.75, 3.05) is 19.8 Å². The standard InChI is InChI=1S/C44H75NO13/c1-3-5-7-9-11-12-13-14-15-16-17-18-19-20-22-24-26-28-36(49)45-32(33(48)27-25-23-21-10-8-6-4-2)31-55-43-41(54)39(52)42(35(30-47)57-43)58-44-40(53)38(51)37(50)34(29-46)56-44/h5,7,11-12,14-15,17-18,20,22,32-35,37-44,46-48,50-54H,3-4,6,8-10,13,16,19,21,23-31H2,1-2H3,(H,45,49)/b7-5-,12-11-,15-14-,18-17-,22-20-. The minimum atomic E-state index is -1.79. The van der Waals surface area contributed by atoms with Gasteiger partial charge in [-0.1, -0.05) is 120 Å². The number of allylic oxidation sites excluding steroid dienone is 10. The second kappa shape index (κ2) is 31.5. The second-order valence-corrected chi connectivity index (χ2v) is 15.1. The Bertz CT molecular complexity index is 1210. The molecular formula is C44H75NO13. The minimum Gasteiger partial charge on any atom is -0.394 e. The van der Waals surface area contributed by atoms with Crippen molar-refractivity contribution < 1.29 is 64.6 Å². The van der Waals surface area contributed by atoms with Crippen LogP contribution in [0.15, 0.2) is 60.8 Å². The summed E-state index contributed by atoms with van der Waals surface area (Å²) in [6.07, 6.45) is 18.4. The summed E-state index contributed by atoms with van der Waals surface area (Å²) in [6, 6.07) is -0.857. The van der Waals surface area contributed by atoms with Crippen molar-refractivity contribution in [2.45, 2.75) is 190 Å². The van der Waals surface area contributed by atoms with Crippen LogP contribution in [-0.2, 0) is 23.7 Å². The third kappa shape index (κ3) is 19.8. The highest BCUT2D eigenvalue weighted by atomic mass is 16.7. The minimum absolute atomic E-state index is 0.222. The quantitative estimate of drug-likeness (QED) is 0.0374. The number of hydrogen-bond donors (Lipinski definition) is 9. The molecule has 0 aromatic heterocycles. The zero-order valence-corrected chi connectivity index (χ0v) is 34.8. The van der Waals surface area contributed by atoms with Gasteiger partial charge in [0.05, 0.1) is 32.0 Å². The average molecular weight is 826 g/mol. The lowest BCUT2D eigenvalue weighted by molar-refractivity contribution is -0.359. The predicted molar refractivity (Wildman–Crippen MR) is 221 cm³/mol. The van der Waals surface area contributed by atoms with Crippen LogP contribution < -0.4 is 5.32 Å². The van der Waals surface area contributed by atoms with Gasteiger partial charge in [-0.05, 0) is 51.4 Å². The van der Waals surface area contributed by atoms with E-state index in [1.165, 1.54) is 12.8 Å². The summed E-state index contributed by atoms with van der Waals surface area (Å²) < 4.78 is 22.5. The number of aliphatic hydroxyl groups excluding tert-OH is 8. The van der Waals surface area contributed by atoms with Gasteiger partial charge in [0, 0.05) is 6.42 Å². The first-order valence-electron chi connectivity index (χ1n) is 21.5.